The first-order valence-electron chi connectivity index (χ1n) is 7.65. The fourth-order valence-electron chi connectivity index (χ4n) is 2.44. The van der Waals surface area contributed by atoms with Gasteiger partial charge in [0.25, 0.3) is 5.22 Å². The number of thioether (sulfide) groups is 1. The summed E-state index contributed by atoms with van der Waals surface area (Å²) in [4.78, 5) is 4.60. The van der Waals surface area contributed by atoms with Crippen molar-refractivity contribution in [1.82, 2.24) is 19.6 Å². The SMILES string of the molecule is Cc1ccc(-c2nnc(SCc3cn4cc(C)ccc4n3)o2)cc1. The fourth-order valence-corrected chi connectivity index (χ4v) is 3.09. The minimum atomic E-state index is 0.545. The predicted molar refractivity (Wildman–Crippen MR) is 94.0 cm³/mol. The monoisotopic (exact) mass is 336 g/mol. The minimum absolute atomic E-state index is 0.545. The smallest absolute Gasteiger partial charge is 0.277 e. The van der Waals surface area contributed by atoms with Crippen molar-refractivity contribution in [3.05, 3.63) is 65.6 Å². The van der Waals surface area contributed by atoms with Gasteiger partial charge in [-0.25, -0.2) is 4.98 Å². The molecule has 0 radical (unpaired) electrons. The van der Waals surface area contributed by atoms with Crippen molar-refractivity contribution in [2.24, 2.45) is 0 Å². The van der Waals surface area contributed by atoms with Gasteiger partial charge in [0.2, 0.25) is 5.89 Å². The van der Waals surface area contributed by atoms with Crippen molar-refractivity contribution in [2.75, 3.05) is 0 Å². The maximum Gasteiger partial charge on any atom is 0.277 e. The highest BCUT2D eigenvalue weighted by atomic mass is 32.2. The van der Waals surface area contributed by atoms with Crippen LogP contribution in [0.15, 0.2) is 58.4 Å². The van der Waals surface area contributed by atoms with Crippen LogP contribution in [0.1, 0.15) is 16.8 Å². The lowest BCUT2D eigenvalue weighted by Crippen LogP contribution is -1.82. The molecule has 0 aliphatic rings. The Bertz CT molecular complexity index is 988. The molecule has 0 atom stereocenters. The fraction of sp³-hybridized carbons (Fsp3) is 0.167. The van der Waals surface area contributed by atoms with E-state index in [-0.39, 0.29) is 0 Å². The van der Waals surface area contributed by atoms with E-state index in [4.69, 9.17) is 4.42 Å². The van der Waals surface area contributed by atoms with Crippen LogP contribution >= 0.6 is 11.8 Å². The highest BCUT2D eigenvalue weighted by molar-refractivity contribution is 7.98. The molecule has 0 bridgehead atoms. The van der Waals surface area contributed by atoms with Gasteiger partial charge in [-0.05, 0) is 37.6 Å². The van der Waals surface area contributed by atoms with E-state index in [1.807, 2.05) is 40.9 Å². The van der Waals surface area contributed by atoms with Crippen LogP contribution in [-0.4, -0.2) is 19.6 Å². The standard InChI is InChI=1S/C18H16N4OS/c1-12-3-6-14(7-4-12)17-20-21-18(23-17)24-11-15-10-22-9-13(2)5-8-16(22)19-15/h3-10H,11H2,1-2H3. The van der Waals surface area contributed by atoms with Gasteiger partial charge in [0, 0.05) is 23.7 Å². The normalized spacial score (nSPS) is 11.2. The summed E-state index contributed by atoms with van der Waals surface area (Å²) in [5.74, 6) is 1.24. The summed E-state index contributed by atoms with van der Waals surface area (Å²) in [6, 6.07) is 12.1. The van der Waals surface area contributed by atoms with Gasteiger partial charge < -0.3 is 8.82 Å². The third-order valence-electron chi connectivity index (χ3n) is 3.70. The van der Waals surface area contributed by atoms with E-state index in [9.17, 15) is 0 Å². The molecule has 5 nitrogen and oxygen atoms in total. The Morgan fingerprint density at radius 2 is 1.75 bits per heavy atom. The van der Waals surface area contributed by atoms with Crippen molar-refractivity contribution in [3.63, 3.8) is 0 Å². The van der Waals surface area contributed by atoms with Crippen LogP contribution in [0.2, 0.25) is 0 Å². The molecule has 0 saturated heterocycles. The zero-order valence-electron chi connectivity index (χ0n) is 13.4. The molecule has 0 unspecified atom stereocenters. The highest BCUT2D eigenvalue weighted by Gasteiger charge is 2.10. The number of pyridine rings is 1. The summed E-state index contributed by atoms with van der Waals surface area (Å²) in [5, 5.41) is 8.78. The van der Waals surface area contributed by atoms with Gasteiger partial charge in [-0.1, -0.05) is 35.5 Å². The Kier molecular flexibility index (Phi) is 3.82. The molecule has 0 N–H and O–H groups in total. The number of fused-ring (bicyclic) bond motifs is 1. The second-order valence-corrected chi connectivity index (χ2v) is 6.66. The van der Waals surface area contributed by atoms with E-state index in [0.29, 0.717) is 16.9 Å². The minimum Gasteiger partial charge on any atom is -0.411 e. The first-order valence-corrected chi connectivity index (χ1v) is 8.63. The summed E-state index contributed by atoms with van der Waals surface area (Å²) < 4.78 is 7.77. The van der Waals surface area contributed by atoms with E-state index >= 15 is 0 Å². The Morgan fingerprint density at radius 1 is 0.958 bits per heavy atom. The van der Waals surface area contributed by atoms with Gasteiger partial charge in [-0.3, -0.25) is 0 Å². The Balaban J connectivity index is 1.48. The molecule has 120 valence electrons. The van der Waals surface area contributed by atoms with Crippen LogP contribution in [0.25, 0.3) is 17.1 Å². The van der Waals surface area contributed by atoms with Crippen LogP contribution in [0.5, 0.6) is 0 Å². The third kappa shape index (κ3) is 3.05. The summed E-state index contributed by atoms with van der Waals surface area (Å²) in [6.45, 7) is 4.12. The van der Waals surface area contributed by atoms with Crippen molar-refractivity contribution in [2.45, 2.75) is 24.8 Å². The zero-order valence-corrected chi connectivity index (χ0v) is 14.2. The van der Waals surface area contributed by atoms with Gasteiger partial charge in [0.05, 0.1) is 5.69 Å². The Hall–Kier alpha value is -2.60. The summed E-state index contributed by atoms with van der Waals surface area (Å²) in [5.41, 5.74) is 5.28. The maximum absolute atomic E-state index is 5.73. The van der Waals surface area contributed by atoms with Crippen LogP contribution in [0.3, 0.4) is 0 Å². The van der Waals surface area contributed by atoms with Gasteiger partial charge in [-0.2, -0.15) is 0 Å². The average molecular weight is 336 g/mol. The molecule has 24 heavy (non-hydrogen) atoms. The van der Waals surface area contributed by atoms with Gasteiger partial charge >= 0.3 is 0 Å². The summed E-state index contributed by atoms with van der Waals surface area (Å²) in [6.07, 6.45) is 4.10. The number of aromatic nitrogens is 4. The Morgan fingerprint density at radius 3 is 2.58 bits per heavy atom. The number of benzene rings is 1. The molecule has 0 fully saturated rings. The van der Waals surface area contributed by atoms with Crippen LogP contribution in [-0.2, 0) is 5.75 Å². The van der Waals surface area contributed by atoms with E-state index < -0.39 is 0 Å². The van der Waals surface area contributed by atoms with Gasteiger partial charge in [0.15, 0.2) is 0 Å². The predicted octanol–water partition coefficient (Wildman–Crippen LogP) is 4.29. The van der Waals surface area contributed by atoms with Crippen molar-refractivity contribution < 1.29 is 4.42 Å². The summed E-state index contributed by atoms with van der Waals surface area (Å²) >= 11 is 1.50. The van der Waals surface area contributed by atoms with Crippen LogP contribution < -0.4 is 0 Å². The maximum atomic E-state index is 5.73. The summed E-state index contributed by atoms with van der Waals surface area (Å²) in [7, 11) is 0. The largest absolute Gasteiger partial charge is 0.411 e. The molecular formula is C18H16N4OS. The number of hydrogen-bond acceptors (Lipinski definition) is 5. The van der Waals surface area contributed by atoms with Gasteiger partial charge in [-0.15, -0.1) is 10.2 Å². The zero-order chi connectivity index (χ0) is 16.5. The molecule has 0 aliphatic heterocycles. The van der Waals surface area contributed by atoms with Crippen LogP contribution in [0.4, 0.5) is 0 Å². The number of aryl methyl sites for hydroxylation is 2. The molecule has 4 rings (SSSR count). The first kappa shape index (κ1) is 15.0. The molecule has 1 aromatic carbocycles. The molecule has 0 saturated carbocycles. The molecule has 0 amide bonds. The molecular weight excluding hydrogens is 320 g/mol. The van der Waals surface area contributed by atoms with Crippen molar-refractivity contribution in [3.8, 4) is 11.5 Å². The van der Waals surface area contributed by atoms with E-state index in [1.54, 1.807) is 0 Å². The lowest BCUT2D eigenvalue weighted by molar-refractivity contribution is 0.466. The molecule has 6 heteroatoms. The van der Waals surface area contributed by atoms with E-state index in [2.05, 4.69) is 41.3 Å². The Labute approximate surface area is 143 Å². The highest BCUT2D eigenvalue weighted by Crippen LogP contribution is 2.25. The van der Waals surface area contributed by atoms with Crippen molar-refractivity contribution >= 4 is 17.4 Å². The van der Waals surface area contributed by atoms with Crippen LogP contribution in [0, 0.1) is 13.8 Å². The molecule has 3 aromatic heterocycles. The van der Waals surface area contributed by atoms with Gasteiger partial charge in [0.1, 0.15) is 5.65 Å². The second kappa shape index (κ2) is 6.13. The lowest BCUT2D eigenvalue weighted by Gasteiger charge is -1.95. The number of rotatable bonds is 4. The third-order valence-corrected chi connectivity index (χ3v) is 4.55. The molecule has 0 aliphatic carbocycles. The topological polar surface area (TPSA) is 56.2 Å². The first-order chi connectivity index (χ1) is 11.7. The lowest BCUT2D eigenvalue weighted by atomic mass is 10.1. The number of hydrogen-bond donors (Lipinski definition) is 0. The molecule has 4 aromatic rings. The quantitative estimate of drug-likeness (QED) is 0.520. The number of imidazole rings is 1. The molecule has 0 spiro atoms. The number of nitrogens with zero attached hydrogens (tertiary/aromatic N) is 4. The average Bonchev–Trinajstić information content (AvgIpc) is 3.19. The second-order valence-electron chi connectivity index (χ2n) is 5.73. The van der Waals surface area contributed by atoms with E-state index in [1.165, 1.54) is 22.9 Å². The molecule has 3 heterocycles. The van der Waals surface area contributed by atoms with E-state index in [0.717, 1.165) is 16.9 Å². The van der Waals surface area contributed by atoms with Crippen molar-refractivity contribution in [1.29, 1.82) is 0 Å².